The Balaban J connectivity index is 2.51. The molecule has 0 bridgehead atoms. The third-order valence-electron chi connectivity index (χ3n) is 3.42. The van der Waals surface area contributed by atoms with Crippen LogP contribution in [-0.4, -0.2) is 11.1 Å². The van der Waals surface area contributed by atoms with Gasteiger partial charge in [0.1, 0.15) is 0 Å². The molecule has 3 N–H and O–H groups in total. The summed E-state index contributed by atoms with van der Waals surface area (Å²) in [5.74, 6) is -0.731. The summed E-state index contributed by atoms with van der Waals surface area (Å²) in [5.41, 5.74) is 8.86. The van der Waals surface area contributed by atoms with Gasteiger partial charge in [-0.2, -0.15) is 0 Å². The summed E-state index contributed by atoms with van der Waals surface area (Å²) in [6.45, 7) is 3.92. The van der Waals surface area contributed by atoms with Gasteiger partial charge in [0.15, 0.2) is 0 Å². The highest BCUT2D eigenvalue weighted by molar-refractivity contribution is 5.85. The first-order chi connectivity index (χ1) is 6.97. The second kappa shape index (κ2) is 2.99. The summed E-state index contributed by atoms with van der Waals surface area (Å²) in [6.07, 6.45) is 1.45. The second-order valence-corrected chi connectivity index (χ2v) is 4.39. The van der Waals surface area contributed by atoms with Crippen molar-refractivity contribution < 1.29 is 9.90 Å². The average Bonchev–Trinajstić information content (AvgIpc) is 2.93. The molecule has 1 aliphatic rings. The summed E-state index contributed by atoms with van der Waals surface area (Å²) in [5, 5.41) is 9.17. The molecule has 3 heteroatoms. The first kappa shape index (κ1) is 10.0. The normalized spacial score (nSPS) is 17.5. The van der Waals surface area contributed by atoms with Crippen LogP contribution in [0.3, 0.4) is 0 Å². The zero-order chi connectivity index (χ0) is 11.2. The molecule has 0 saturated heterocycles. The topological polar surface area (TPSA) is 63.3 Å². The van der Waals surface area contributed by atoms with E-state index in [4.69, 9.17) is 10.8 Å². The summed E-state index contributed by atoms with van der Waals surface area (Å²) in [4.78, 5) is 11.2. The van der Waals surface area contributed by atoms with Gasteiger partial charge in [-0.25, -0.2) is 0 Å². The Morgan fingerprint density at radius 2 is 2.00 bits per heavy atom. The molecule has 0 unspecified atom stereocenters. The molecule has 1 aliphatic carbocycles. The van der Waals surface area contributed by atoms with Gasteiger partial charge in [-0.15, -0.1) is 0 Å². The van der Waals surface area contributed by atoms with Crippen LogP contribution in [-0.2, 0) is 10.2 Å². The highest BCUT2D eigenvalue weighted by Crippen LogP contribution is 2.49. The van der Waals surface area contributed by atoms with E-state index in [0.717, 1.165) is 29.5 Å². The molecule has 2 rings (SSSR count). The van der Waals surface area contributed by atoms with Crippen molar-refractivity contribution >= 4 is 11.7 Å². The maximum Gasteiger partial charge on any atom is 0.314 e. The number of benzene rings is 1. The van der Waals surface area contributed by atoms with Crippen LogP contribution in [0.1, 0.15) is 29.5 Å². The summed E-state index contributed by atoms with van der Waals surface area (Å²) < 4.78 is 0. The average molecular weight is 205 g/mol. The molecule has 0 radical (unpaired) electrons. The summed E-state index contributed by atoms with van der Waals surface area (Å²) in [7, 11) is 0. The van der Waals surface area contributed by atoms with Gasteiger partial charge < -0.3 is 10.8 Å². The van der Waals surface area contributed by atoms with E-state index in [2.05, 4.69) is 0 Å². The third kappa shape index (κ3) is 1.39. The van der Waals surface area contributed by atoms with Gasteiger partial charge in [0.2, 0.25) is 0 Å². The number of carboxylic acids is 1. The Morgan fingerprint density at radius 3 is 2.40 bits per heavy atom. The number of aryl methyl sites for hydroxylation is 1. The maximum atomic E-state index is 11.2. The van der Waals surface area contributed by atoms with E-state index < -0.39 is 11.4 Å². The van der Waals surface area contributed by atoms with Crippen molar-refractivity contribution in [3.8, 4) is 0 Å². The SMILES string of the molecule is Cc1cc(C2(C(=O)O)CC2)cc(N)c1C. The Morgan fingerprint density at radius 1 is 1.40 bits per heavy atom. The van der Waals surface area contributed by atoms with Crippen LogP contribution in [0.5, 0.6) is 0 Å². The van der Waals surface area contributed by atoms with Crippen LogP contribution in [0.4, 0.5) is 5.69 Å². The van der Waals surface area contributed by atoms with Crippen molar-refractivity contribution in [3.63, 3.8) is 0 Å². The number of nitrogen functional groups attached to an aromatic ring is 1. The molecule has 0 aliphatic heterocycles. The number of anilines is 1. The smallest absolute Gasteiger partial charge is 0.314 e. The van der Waals surface area contributed by atoms with Crippen molar-refractivity contribution in [1.82, 2.24) is 0 Å². The molecular weight excluding hydrogens is 190 g/mol. The Hall–Kier alpha value is -1.51. The van der Waals surface area contributed by atoms with Crippen molar-refractivity contribution in [2.24, 2.45) is 0 Å². The molecule has 15 heavy (non-hydrogen) atoms. The van der Waals surface area contributed by atoms with Gasteiger partial charge in [-0.05, 0) is 49.4 Å². The van der Waals surface area contributed by atoms with Crippen molar-refractivity contribution in [2.45, 2.75) is 32.1 Å². The molecule has 0 spiro atoms. The number of rotatable bonds is 2. The van der Waals surface area contributed by atoms with E-state index in [1.165, 1.54) is 0 Å². The maximum absolute atomic E-state index is 11.2. The summed E-state index contributed by atoms with van der Waals surface area (Å²) >= 11 is 0. The van der Waals surface area contributed by atoms with Gasteiger partial charge >= 0.3 is 5.97 Å². The molecule has 1 aromatic rings. The number of carboxylic acid groups (broad SMARTS) is 1. The molecule has 0 heterocycles. The lowest BCUT2D eigenvalue weighted by atomic mass is 9.92. The van der Waals surface area contributed by atoms with Gasteiger partial charge in [0.25, 0.3) is 0 Å². The first-order valence-electron chi connectivity index (χ1n) is 5.08. The number of hydrogen-bond acceptors (Lipinski definition) is 2. The fourth-order valence-electron chi connectivity index (χ4n) is 1.91. The second-order valence-electron chi connectivity index (χ2n) is 4.39. The monoisotopic (exact) mass is 205 g/mol. The minimum absolute atomic E-state index is 0.646. The zero-order valence-electron chi connectivity index (χ0n) is 9.00. The predicted octanol–water partition coefficient (Wildman–Crippen LogP) is 2.00. The molecule has 3 nitrogen and oxygen atoms in total. The highest BCUT2D eigenvalue weighted by atomic mass is 16.4. The van der Waals surface area contributed by atoms with Crippen molar-refractivity contribution in [2.75, 3.05) is 5.73 Å². The van der Waals surface area contributed by atoms with E-state index >= 15 is 0 Å². The molecule has 0 aromatic heterocycles. The molecular formula is C12H15NO2. The number of aliphatic carboxylic acids is 1. The highest BCUT2D eigenvalue weighted by Gasteiger charge is 2.51. The number of hydrogen-bond donors (Lipinski definition) is 2. The van der Waals surface area contributed by atoms with Crippen LogP contribution < -0.4 is 5.73 Å². The van der Waals surface area contributed by atoms with Crippen molar-refractivity contribution in [1.29, 1.82) is 0 Å². The van der Waals surface area contributed by atoms with E-state index in [1.807, 2.05) is 26.0 Å². The summed E-state index contributed by atoms with van der Waals surface area (Å²) in [6, 6.07) is 3.76. The number of nitrogens with two attached hydrogens (primary N) is 1. The lowest BCUT2D eigenvalue weighted by Gasteiger charge is -2.14. The molecule has 1 aromatic carbocycles. The molecule has 1 fully saturated rings. The van der Waals surface area contributed by atoms with Crippen LogP contribution >= 0.6 is 0 Å². The largest absolute Gasteiger partial charge is 0.481 e. The lowest BCUT2D eigenvalue weighted by Crippen LogP contribution is -2.20. The lowest BCUT2D eigenvalue weighted by molar-refractivity contribution is -0.140. The van der Waals surface area contributed by atoms with Gasteiger partial charge in [-0.3, -0.25) is 4.79 Å². The molecule has 0 amide bonds. The minimum Gasteiger partial charge on any atom is -0.481 e. The van der Waals surface area contributed by atoms with E-state index in [1.54, 1.807) is 0 Å². The van der Waals surface area contributed by atoms with Crippen molar-refractivity contribution in [3.05, 3.63) is 28.8 Å². The molecule has 1 saturated carbocycles. The third-order valence-corrected chi connectivity index (χ3v) is 3.42. The Kier molecular flexibility index (Phi) is 2.00. The quantitative estimate of drug-likeness (QED) is 0.726. The van der Waals surface area contributed by atoms with Crippen LogP contribution in [0, 0.1) is 13.8 Å². The first-order valence-corrected chi connectivity index (χ1v) is 5.08. The van der Waals surface area contributed by atoms with Gasteiger partial charge in [0, 0.05) is 5.69 Å². The fourth-order valence-corrected chi connectivity index (χ4v) is 1.91. The number of carbonyl (C=O) groups is 1. The standard InChI is InChI=1S/C12H15NO2/c1-7-5-9(6-10(13)8(7)2)12(3-4-12)11(14)15/h5-6H,3-4,13H2,1-2H3,(H,14,15). The van der Waals surface area contributed by atoms with Crippen LogP contribution in [0.25, 0.3) is 0 Å². The van der Waals surface area contributed by atoms with E-state index in [-0.39, 0.29) is 0 Å². The Labute approximate surface area is 88.9 Å². The molecule has 0 atom stereocenters. The van der Waals surface area contributed by atoms with Crippen LogP contribution in [0.2, 0.25) is 0 Å². The predicted molar refractivity (Wildman–Crippen MR) is 58.9 cm³/mol. The fraction of sp³-hybridized carbons (Fsp3) is 0.417. The van der Waals surface area contributed by atoms with Gasteiger partial charge in [-0.1, -0.05) is 6.07 Å². The van der Waals surface area contributed by atoms with Gasteiger partial charge in [0.05, 0.1) is 5.41 Å². The Bertz CT molecular complexity index is 410. The van der Waals surface area contributed by atoms with Crippen LogP contribution in [0.15, 0.2) is 12.1 Å². The minimum atomic E-state index is -0.731. The van der Waals surface area contributed by atoms with E-state index in [0.29, 0.717) is 5.69 Å². The van der Waals surface area contributed by atoms with E-state index in [9.17, 15) is 4.79 Å². The zero-order valence-corrected chi connectivity index (χ0v) is 9.00. The molecule has 80 valence electrons.